The predicted molar refractivity (Wildman–Crippen MR) is 84.0 cm³/mol. The summed E-state index contributed by atoms with van der Waals surface area (Å²) >= 11 is 0. The Bertz CT molecular complexity index is 618. The van der Waals surface area contributed by atoms with Gasteiger partial charge < -0.3 is 14.3 Å². The van der Waals surface area contributed by atoms with E-state index in [1.807, 2.05) is 42.5 Å². The molecule has 21 heavy (non-hydrogen) atoms. The van der Waals surface area contributed by atoms with Crippen LogP contribution in [-0.2, 0) is 11.2 Å². The Balaban J connectivity index is 2.57. The fourth-order valence-electron chi connectivity index (χ4n) is 2.41. The normalized spacial score (nSPS) is 10.2. The summed E-state index contributed by atoms with van der Waals surface area (Å²) in [4.78, 5) is 11.3. The van der Waals surface area contributed by atoms with Gasteiger partial charge >= 0.3 is 0 Å². The van der Waals surface area contributed by atoms with Crippen LogP contribution in [0.1, 0.15) is 18.9 Å². The van der Waals surface area contributed by atoms with Crippen molar-refractivity contribution in [2.75, 3.05) is 14.2 Å². The molecule has 3 nitrogen and oxygen atoms in total. The molecule has 0 unspecified atom stereocenters. The fourth-order valence-corrected chi connectivity index (χ4v) is 2.41. The summed E-state index contributed by atoms with van der Waals surface area (Å²) in [5, 5.41) is 0. The van der Waals surface area contributed by atoms with Crippen LogP contribution in [0.25, 0.3) is 11.1 Å². The average molecular weight is 284 g/mol. The number of ketones is 1. The zero-order chi connectivity index (χ0) is 15.2. The molecule has 0 amide bonds. The Morgan fingerprint density at radius 3 is 2.29 bits per heavy atom. The van der Waals surface area contributed by atoms with E-state index >= 15 is 0 Å². The summed E-state index contributed by atoms with van der Waals surface area (Å²) in [6.45, 7) is 1.61. The van der Waals surface area contributed by atoms with E-state index in [0.29, 0.717) is 24.3 Å². The lowest BCUT2D eigenvalue weighted by Gasteiger charge is -2.17. The van der Waals surface area contributed by atoms with Crippen LogP contribution in [0, 0.1) is 0 Å². The van der Waals surface area contributed by atoms with Crippen molar-refractivity contribution in [1.29, 1.82) is 0 Å². The summed E-state index contributed by atoms with van der Waals surface area (Å²) in [6.07, 6.45) is 1.22. The first-order valence-corrected chi connectivity index (χ1v) is 6.96. The van der Waals surface area contributed by atoms with Crippen molar-refractivity contribution in [2.24, 2.45) is 0 Å². The quantitative estimate of drug-likeness (QED) is 0.807. The number of hydrogen-bond acceptors (Lipinski definition) is 3. The van der Waals surface area contributed by atoms with E-state index in [0.717, 1.165) is 16.7 Å². The van der Waals surface area contributed by atoms with Gasteiger partial charge in [0.05, 0.1) is 14.2 Å². The number of benzene rings is 2. The molecule has 2 aromatic carbocycles. The third-order valence-electron chi connectivity index (χ3n) is 3.44. The maximum absolute atomic E-state index is 11.3. The number of methoxy groups -OCH3 is 2. The maximum atomic E-state index is 11.3. The van der Waals surface area contributed by atoms with Crippen molar-refractivity contribution in [3.05, 3.63) is 48.0 Å². The number of Topliss-reactive ketones (excluding diaryl/α,β-unsaturated/α-hetero) is 1. The third kappa shape index (κ3) is 3.43. The summed E-state index contributed by atoms with van der Waals surface area (Å²) in [5.74, 6) is 1.59. The van der Waals surface area contributed by atoms with Crippen LogP contribution < -0.4 is 9.47 Å². The fraction of sp³-hybridized carbons (Fsp3) is 0.278. The number of aryl methyl sites for hydroxylation is 1. The lowest BCUT2D eigenvalue weighted by atomic mass is 9.94. The SMILES string of the molecule is COc1ccc(CCC(C)=O)c(-c2ccccc2)c1OC. The topological polar surface area (TPSA) is 35.5 Å². The molecule has 2 aromatic rings. The van der Waals surface area contributed by atoms with Gasteiger partial charge in [0.1, 0.15) is 5.78 Å². The Morgan fingerprint density at radius 1 is 1.00 bits per heavy atom. The predicted octanol–water partition coefficient (Wildman–Crippen LogP) is 3.89. The molecule has 0 saturated heterocycles. The van der Waals surface area contributed by atoms with Crippen LogP contribution >= 0.6 is 0 Å². The highest BCUT2D eigenvalue weighted by molar-refractivity contribution is 5.79. The van der Waals surface area contributed by atoms with Gasteiger partial charge in [0, 0.05) is 12.0 Å². The zero-order valence-electron chi connectivity index (χ0n) is 12.7. The number of rotatable bonds is 6. The second-order valence-electron chi connectivity index (χ2n) is 4.90. The van der Waals surface area contributed by atoms with Gasteiger partial charge in [-0.3, -0.25) is 0 Å². The van der Waals surface area contributed by atoms with Crippen LogP contribution in [0.4, 0.5) is 0 Å². The Hall–Kier alpha value is -2.29. The molecule has 0 aliphatic heterocycles. The standard InChI is InChI=1S/C18H20O3/c1-13(19)9-10-15-11-12-16(20-2)18(21-3)17(15)14-7-5-4-6-8-14/h4-8,11-12H,9-10H2,1-3H3. The van der Waals surface area contributed by atoms with E-state index in [4.69, 9.17) is 9.47 Å². The summed E-state index contributed by atoms with van der Waals surface area (Å²) < 4.78 is 10.9. The second kappa shape index (κ2) is 6.93. The van der Waals surface area contributed by atoms with Gasteiger partial charge in [-0.15, -0.1) is 0 Å². The molecule has 0 radical (unpaired) electrons. The van der Waals surface area contributed by atoms with Crippen molar-refractivity contribution in [3.8, 4) is 22.6 Å². The first-order chi connectivity index (χ1) is 10.2. The first-order valence-electron chi connectivity index (χ1n) is 6.96. The lowest BCUT2D eigenvalue weighted by molar-refractivity contribution is -0.116. The second-order valence-corrected chi connectivity index (χ2v) is 4.90. The number of ether oxygens (including phenoxy) is 2. The van der Waals surface area contributed by atoms with E-state index in [1.54, 1.807) is 21.1 Å². The van der Waals surface area contributed by atoms with Crippen LogP contribution in [0.3, 0.4) is 0 Å². The van der Waals surface area contributed by atoms with Gasteiger partial charge in [-0.25, -0.2) is 0 Å². The van der Waals surface area contributed by atoms with E-state index in [2.05, 4.69) is 0 Å². The van der Waals surface area contributed by atoms with Gasteiger partial charge in [0.15, 0.2) is 11.5 Å². The molecule has 0 N–H and O–H groups in total. The number of carbonyl (C=O) groups is 1. The Morgan fingerprint density at radius 2 is 1.71 bits per heavy atom. The number of hydrogen-bond donors (Lipinski definition) is 0. The van der Waals surface area contributed by atoms with Gasteiger partial charge in [0.25, 0.3) is 0 Å². The van der Waals surface area contributed by atoms with Crippen molar-refractivity contribution in [3.63, 3.8) is 0 Å². The van der Waals surface area contributed by atoms with Crippen LogP contribution in [0.5, 0.6) is 11.5 Å². The molecule has 3 heteroatoms. The highest BCUT2D eigenvalue weighted by atomic mass is 16.5. The molecular weight excluding hydrogens is 264 g/mol. The van der Waals surface area contributed by atoms with E-state index < -0.39 is 0 Å². The third-order valence-corrected chi connectivity index (χ3v) is 3.44. The molecular formula is C18H20O3. The minimum atomic E-state index is 0.184. The minimum absolute atomic E-state index is 0.184. The molecule has 0 saturated carbocycles. The highest BCUT2D eigenvalue weighted by Gasteiger charge is 2.16. The highest BCUT2D eigenvalue weighted by Crippen LogP contribution is 2.41. The first kappa shape index (κ1) is 15.1. The zero-order valence-corrected chi connectivity index (χ0v) is 12.7. The van der Waals surface area contributed by atoms with Crippen LogP contribution in [0.2, 0.25) is 0 Å². The van der Waals surface area contributed by atoms with Crippen LogP contribution in [-0.4, -0.2) is 20.0 Å². The van der Waals surface area contributed by atoms with Crippen LogP contribution in [0.15, 0.2) is 42.5 Å². The molecule has 0 spiro atoms. The van der Waals surface area contributed by atoms with Gasteiger partial charge in [-0.1, -0.05) is 36.4 Å². The van der Waals surface area contributed by atoms with Crippen molar-refractivity contribution < 1.29 is 14.3 Å². The molecule has 0 fully saturated rings. The van der Waals surface area contributed by atoms with E-state index in [9.17, 15) is 4.79 Å². The summed E-state index contributed by atoms with van der Waals surface area (Å²) in [5.41, 5.74) is 3.15. The van der Waals surface area contributed by atoms with Crippen molar-refractivity contribution >= 4 is 5.78 Å². The van der Waals surface area contributed by atoms with Gasteiger partial charge in [-0.2, -0.15) is 0 Å². The minimum Gasteiger partial charge on any atom is -0.493 e. The smallest absolute Gasteiger partial charge is 0.168 e. The molecule has 2 rings (SSSR count). The Labute approximate surface area is 125 Å². The number of carbonyl (C=O) groups excluding carboxylic acids is 1. The molecule has 110 valence electrons. The molecule has 0 aliphatic carbocycles. The van der Waals surface area contributed by atoms with Crippen molar-refractivity contribution in [2.45, 2.75) is 19.8 Å². The molecule has 0 heterocycles. The van der Waals surface area contributed by atoms with E-state index in [1.165, 1.54) is 0 Å². The lowest BCUT2D eigenvalue weighted by Crippen LogP contribution is -2.00. The molecule has 0 aromatic heterocycles. The Kier molecular flexibility index (Phi) is 4.99. The largest absolute Gasteiger partial charge is 0.493 e. The maximum Gasteiger partial charge on any atom is 0.168 e. The van der Waals surface area contributed by atoms with Crippen molar-refractivity contribution in [1.82, 2.24) is 0 Å². The molecule has 0 aliphatic rings. The van der Waals surface area contributed by atoms with Gasteiger partial charge in [-0.05, 0) is 30.5 Å². The monoisotopic (exact) mass is 284 g/mol. The summed E-state index contributed by atoms with van der Waals surface area (Å²) in [7, 11) is 3.26. The van der Waals surface area contributed by atoms with E-state index in [-0.39, 0.29) is 5.78 Å². The average Bonchev–Trinajstić information content (AvgIpc) is 2.52. The molecule has 0 atom stereocenters. The molecule has 0 bridgehead atoms. The van der Waals surface area contributed by atoms with Gasteiger partial charge in [0.2, 0.25) is 0 Å². The summed E-state index contributed by atoms with van der Waals surface area (Å²) in [6, 6.07) is 13.9.